The quantitative estimate of drug-likeness (QED) is 0.742. The highest BCUT2D eigenvalue weighted by molar-refractivity contribution is 5.78. The van der Waals surface area contributed by atoms with Gasteiger partial charge in [-0.3, -0.25) is 0 Å². The van der Waals surface area contributed by atoms with Gasteiger partial charge in [0.25, 0.3) is 0 Å². The number of aromatic nitrogens is 4. The highest BCUT2D eigenvalue weighted by Gasteiger charge is 2.20. The van der Waals surface area contributed by atoms with E-state index in [4.69, 9.17) is 0 Å². The molecule has 0 saturated carbocycles. The molecule has 2 heterocycles. The molecule has 23 heavy (non-hydrogen) atoms. The SMILES string of the molecule is CCCc1nn(C(=O)n2cccn2)c(Cc2ccccc2)c1C. The minimum absolute atomic E-state index is 0.244. The second-order valence-electron chi connectivity index (χ2n) is 5.58. The van der Waals surface area contributed by atoms with E-state index in [1.807, 2.05) is 25.1 Å². The van der Waals surface area contributed by atoms with Crippen molar-refractivity contribution < 1.29 is 4.79 Å². The van der Waals surface area contributed by atoms with Crippen LogP contribution in [0.5, 0.6) is 0 Å². The zero-order chi connectivity index (χ0) is 16.2. The summed E-state index contributed by atoms with van der Waals surface area (Å²) in [7, 11) is 0. The monoisotopic (exact) mass is 308 g/mol. The van der Waals surface area contributed by atoms with Crippen molar-refractivity contribution in [3.63, 3.8) is 0 Å². The molecule has 0 N–H and O–H groups in total. The first-order chi connectivity index (χ1) is 11.2. The predicted molar refractivity (Wildman–Crippen MR) is 88.6 cm³/mol. The summed E-state index contributed by atoms with van der Waals surface area (Å²) in [5.74, 6) is 0. The van der Waals surface area contributed by atoms with Crippen LogP contribution in [0, 0.1) is 6.92 Å². The van der Waals surface area contributed by atoms with Crippen LogP contribution >= 0.6 is 0 Å². The van der Waals surface area contributed by atoms with Crippen LogP contribution in [0.4, 0.5) is 4.79 Å². The number of hydrogen-bond acceptors (Lipinski definition) is 3. The van der Waals surface area contributed by atoms with Gasteiger partial charge in [-0.05, 0) is 30.5 Å². The summed E-state index contributed by atoms with van der Waals surface area (Å²) in [6.07, 6.45) is 5.78. The van der Waals surface area contributed by atoms with Crippen molar-refractivity contribution >= 4 is 6.03 Å². The molecule has 3 aromatic rings. The topological polar surface area (TPSA) is 52.7 Å². The second kappa shape index (κ2) is 6.60. The Balaban J connectivity index is 2.03. The second-order valence-corrected chi connectivity index (χ2v) is 5.58. The van der Waals surface area contributed by atoms with Crippen molar-refractivity contribution in [2.75, 3.05) is 0 Å². The first kappa shape index (κ1) is 15.2. The molecule has 0 atom stereocenters. The summed E-state index contributed by atoms with van der Waals surface area (Å²) in [5, 5.41) is 8.59. The summed E-state index contributed by atoms with van der Waals surface area (Å²) in [4.78, 5) is 12.7. The number of rotatable bonds is 4. The minimum atomic E-state index is -0.244. The van der Waals surface area contributed by atoms with Gasteiger partial charge in [0, 0.05) is 18.8 Å². The fourth-order valence-corrected chi connectivity index (χ4v) is 2.69. The number of hydrogen-bond donors (Lipinski definition) is 0. The summed E-state index contributed by atoms with van der Waals surface area (Å²) >= 11 is 0. The Kier molecular flexibility index (Phi) is 4.37. The van der Waals surface area contributed by atoms with Crippen LogP contribution in [0.2, 0.25) is 0 Å². The number of carbonyl (C=O) groups is 1. The summed E-state index contributed by atoms with van der Waals surface area (Å²) in [6.45, 7) is 4.16. The van der Waals surface area contributed by atoms with E-state index in [9.17, 15) is 4.79 Å². The smallest absolute Gasteiger partial charge is 0.244 e. The minimum Gasteiger partial charge on any atom is -0.244 e. The third kappa shape index (κ3) is 3.08. The van der Waals surface area contributed by atoms with Crippen molar-refractivity contribution in [3.8, 4) is 0 Å². The molecule has 0 radical (unpaired) electrons. The van der Waals surface area contributed by atoms with Crippen molar-refractivity contribution in [3.05, 3.63) is 71.3 Å². The van der Waals surface area contributed by atoms with E-state index in [2.05, 4.69) is 29.3 Å². The summed E-state index contributed by atoms with van der Waals surface area (Å²) in [5.41, 5.74) is 4.17. The first-order valence-electron chi connectivity index (χ1n) is 7.86. The maximum Gasteiger partial charge on any atom is 0.369 e. The molecule has 0 aliphatic heterocycles. The molecule has 1 aromatic carbocycles. The molecule has 0 aliphatic carbocycles. The lowest BCUT2D eigenvalue weighted by Gasteiger charge is -2.07. The Hall–Kier alpha value is -2.69. The van der Waals surface area contributed by atoms with E-state index in [1.54, 1.807) is 18.5 Å². The van der Waals surface area contributed by atoms with Crippen LogP contribution in [0.15, 0.2) is 48.8 Å². The van der Waals surface area contributed by atoms with Crippen LogP contribution in [0.1, 0.15) is 35.9 Å². The molecule has 0 unspecified atom stereocenters. The number of carbonyl (C=O) groups excluding carboxylic acids is 1. The Morgan fingerprint density at radius 2 is 1.96 bits per heavy atom. The highest BCUT2D eigenvalue weighted by Crippen LogP contribution is 2.19. The zero-order valence-corrected chi connectivity index (χ0v) is 13.4. The maximum atomic E-state index is 12.7. The van der Waals surface area contributed by atoms with Gasteiger partial charge in [-0.25, -0.2) is 4.79 Å². The Labute approximate surface area is 135 Å². The van der Waals surface area contributed by atoms with Gasteiger partial charge in [0.1, 0.15) is 0 Å². The summed E-state index contributed by atoms with van der Waals surface area (Å²) < 4.78 is 2.82. The standard InChI is InChI=1S/C18H20N4O/c1-3-8-16-14(2)17(13-15-9-5-4-6-10-15)22(20-16)18(23)21-12-7-11-19-21/h4-7,9-12H,3,8,13H2,1-2H3. The molecule has 3 rings (SSSR count). The fourth-order valence-electron chi connectivity index (χ4n) is 2.69. The number of aryl methyl sites for hydroxylation is 1. The van der Waals surface area contributed by atoms with Gasteiger partial charge in [-0.2, -0.15) is 19.6 Å². The largest absolute Gasteiger partial charge is 0.369 e. The molecular formula is C18H20N4O. The fraction of sp³-hybridized carbons (Fsp3) is 0.278. The maximum absolute atomic E-state index is 12.7. The predicted octanol–water partition coefficient (Wildman–Crippen LogP) is 3.45. The van der Waals surface area contributed by atoms with Gasteiger partial charge >= 0.3 is 6.03 Å². The van der Waals surface area contributed by atoms with Crippen LogP contribution < -0.4 is 0 Å². The van der Waals surface area contributed by atoms with Crippen molar-refractivity contribution in [2.24, 2.45) is 0 Å². The average Bonchev–Trinajstić information content (AvgIpc) is 3.20. The molecule has 5 nitrogen and oxygen atoms in total. The van der Waals surface area contributed by atoms with E-state index < -0.39 is 0 Å². The van der Waals surface area contributed by atoms with Crippen molar-refractivity contribution in [2.45, 2.75) is 33.1 Å². The molecule has 0 bridgehead atoms. The third-order valence-corrected chi connectivity index (χ3v) is 3.92. The first-order valence-corrected chi connectivity index (χ1v) is 7.86. The van der Waals surface area contributed by atoms with Crippen LogP contribution in [0.3, 0.4) is 0 Å². The normalized spacial score (nSPS) is 10.9. The Bertz CT molecular complexity index is 788. The molecule has 0 fully saturated rings. The molecular weight excluding hydrogens is 288 g/mol. The molecule has 0 amide bonds. The van der Waals surface area contributed by atoms with Crippen LogP contribution in [-0.4, -0.2) is 25.6 Å². The van der Waals surface area contributed by atoms with Gasteiger partial charge < -0.3 is 0 Å². The van der Waals surface area contributed by atoms with E-state index in [-0.39, 0.29) is 6.03 Å². The highest BCUT2D eigenvalue weighted by atomic mass is 16.2. The van der Waals surface area contributed by atoms with Crippen LogP contribution in [0.25, 0.3) is 0 Å². The number of benzene rings is 1. The lowest BCUT2D eigenvalue weighted by Crippen LogP contribution is -2.23. The zero-order valence-electron chi connectivity index (χ0n) is 13.4. The summed E-state index contributed by atoms with van der Waals surface area (Å²) in [6, 6.07) is 11.6. The molecule has 2 aromatic heterocycles. The lowest BCUT2D eigenvalue weighted by atomic mass is 10.0. The third-order valence-electron chi connectivity index (χ3n) is 3.92. The molecule has 118 valence electrons. The molecule has 0 spiro atoms. The van der Waals surface area contributed by atoms with Gasteiger partial charge in [0.05, 0.1) is 11.4 Å². The average molecular weight is 308 g/mol. The van der Waals surface area contributed by atoms with Crippen molar-refractivity contribution in [1.29, 1.82) is 0 Å². The van der Waals surface area contributed by atoms with Crippen molar-refractivity contribution in [1.82, 2.24) is 19.6 Å². The van der Waals surface area contributed by atoms with Gasteiger partial charge in [-0.1, -0.05) is 43.7 Å². The van der Waals surface area contributed by atoms with E-state index in [0.717, 1.165) is 35.4 Å². The van der Waals surface area contributed by atoms with Gasteiger partial charge in [0.2, 0.25) is 0 Å². The molecule has 0 saturated heterocycles. The Morgan fingerprint density at radius 1 is 1.17 bits per heavy atom. The lowest BCUT2D eigenvalue weighted by molar-refractivity contribution is 0.237. The Morgan fingerprint density at radius 3 is 2.61 bits per heavy atom. The van der Waals surface area contributed by atoms with Gasteiger partial charge in [0.15, 0.2) is 0 Å². The van der Waals surface area contributed by atoms with E-state index >= 15 is 0 Å². The van der Waals surface area contributed by atoms with Gasteiger partial charge in [-0.15, -0.1) is 0 Å². The molecule has 5 heteroatoms. The van der Waals surface area contributed by atoms with Crippen LogP contribution in [-0.2, 0) is 12.8 Å². The van der Waals surface area contributed by atoms with E-state index in [1.165, 1.54) is 9.36 Å². The van der Waals surface area contributed by atoms with E-state index in [0.29, 0.717) is 6.42 Å². The molecule has 0 aliphatic rings. The number of nitrogens with zero attached hydrogens (tertiary/aromatic N) is 4.